The van der Waals surface area contributed by atoms with Crippen molar-refractivity contribution in [3.8, 4) is 0 Å². The van der Waals surface area contributed by atoms with E-state index in [-0.39, 0.29) is 0 Å². The van der Waals surface area contributed by atoms with Gasteiger partial charge in [-0.2, -0.15) is 0 Å². The Morgan fingerprint density at radius 2 is 1.74 bits per heavy atom. The van der Waals surface area contributed by atoms with Gasteiger partial charge < -0.3 is 5.32 Å². The van der Waals surface area contributed by atoms with Crippen molar-refractivity contribution in [1.82, 2.24) is 5.32 Å². The largest absolute Gasteiger partial charge is 0.311 e. The number of hydrogen-bond donors (Lipinski definition) is 1. The molecule has 0 aromatic heterocycles. The van der Waals surface area contributed by atoms with E-state index in [1.165, 1.54) is 51.4 Å². The highest BCUT2D eigenvalue weighted by Gasteiger charge is 2.34. The molecule has 2 rings (SSSR count). The topological polar surface area (TPSA) is 12.0 Å². The summed E-state index contributed by atoms with van der Waals surface area (Å²) in [5, 5.41) is 4.12. The normalized spacial score (nSPS) is 40.6. The highest BCUT2D eigenvalue weighted by molar-refractivity contribution is 4.90. The summed E-state index contributed by atoms with van der Waals surface area (Å²) in [5.74, 6) is 3.62. The van der Waals surface area contributed by atoms with E-state index in [0.717, 1.165) is 35.8 Å². The summed E-state index contributed by atoms with van der Waals surface area (Å²) in [6, 6.07) is 1.61. The van der Waals surface area contributed by atoms with Gasteiger partial charge in [0.05, 0.1) is 0 Å². The number of hydrogen-bond acceptors (Lipinski definition) is 1. The lowest BCUT2D eigenvalue weighted by molar-refractivity contribution is 0.132. The van der Waals surface area contributed by atoms with Crippen molar-refractivity contribution in [3.63, 3.8) is 0 Å². The zero-order valence-electron chi connectivity index (χ0n) is 13.6. The van der Waals surface area contributed by atoms with Crippen LogP contribution in [-0.4, -0.2) is 12.1 Å². The fourth-order valence-corrected chi connectivity index (χ4v) is 4.58. The molecule has 2 aliphatic rings. The lowest BCUT2D eigenvalue weighted by atomic mass is 9.72. The minimum Gasteiger partial charge on any atom is -0.311 e. The molecule has 5 unspecified atom stereocenters. The third kappa shape index (κ3) is 3.97. The smallest absolute Gasteiger partial charge is 0.0103 e. The molecule has 2 aliphatic carbocycles. The van der Waals surface area contributed by atoms with Gasteiger partial charge in [0, 0.05) is 12.1 Å². The second-order valence-electron chi connectivity index (χ2n) is 7.66. The lowest BCUT2D eigenvalue weighted by Crippen LogP contribution is -2.50. The van der Waals surface area contributed by atoms with Crippen LogP contribution in [0.3, 0.4) is 0 Å². The van der Waals surface area contributed by atoms with Gasteiger partial charge in [-0.3, -0.25) is 0 Å². The molecular formula is C18H35N. The first-order valence-electron chi connectivity index (χ1n) is 8.87. The first kappa shape index (κ1) is 15.4. The Morgan fingerprint density at radius 3 is 2.42 bits per heavy atom. The Kier molecular flexibility index (Phi) is 5.74. The average Bonchev–Trinajstić information content (AvgIpc) is 2.39. The molecule has 0 heterocycles. The quantitative estimate of drug-likeness (QED) is 0.754. The van der Waals surface area contributed by atoms with Crippen molar-refractivity contribution in [3.05, 3.63) is 0 Å². The zero-order chi connectivity index (χ0) is 13.8. The van der Waals surface area contributed by atoms with Crippen molar-refractivity contribution in [2.75, 3.05) is 0 Å². The molecular weight excluding hydrogens is 230 g/mol. The molecule has 2 saturated carbocycles. The van der Waals surface area contributed by atoms with Crippen LogP contribution in [0.5, 0.6) is 0 Å². The lowest BCUT2D eigenvalue weighted by Gasteiger charge is -2.42. The molecule has 0 radical (unpaired) electrons. The molecule has 0 saturated heterocycles. The SMILES string of the molecule is CCC1CCCCC1NC1CC(C)CCC1C(C)C. The predicted octanol–water partition coefficient (Wildman–Crippen LogP) is 5.01. The first-order chi connectivity index (χ1) is 9.11. The first-order valence-corrected chi connectivity index (χ1v) is 8.87. The fraction of sp³-hybridized carbons (Fsp3) is 1.00. The second kappa shape index (κ2) is 7.11. The van der Waals surface area contributed by atoms with Gasteiger partial charge >= 0.3 is 0 Å². The monoisotopic (exact) mass is 265 g/mol. The standard InChI is InChI=1S/C18H35N/c1-5-15-8-6-7-9-17(15)19-18-12-14(4)10-11-16(18)13(2)3/h13-19H,5-12H2,1-4H3. The van der Waals surface area contributed by atoms with Crippen LogP contribution in [0.25, 0.3) is 0 Å². The van der Waals surface area contributed by atoms with Crippen molar-refractivity contribution in [1.29, 1.82) is 0 Å². The summed E-state index contributed by atoms with van der Waals surface area (Å²) in [7, 11) is 0. The maximum atomic E-state index is 4.12. The third-order valence-electron chi connectivity index (χ3n) is 5.88. The summed E-state index contributed by atoms with van der Waals surface area (Å²) < 4.78 is 0. The molecule has 5 atom stereocenters. The maximum Gasteiger partial charge on any atom is 0.0103 e. The summed E-state index contributed by atoms with van der Waals surface area (Å²) in [6.45, 7) is 9.68. The third-order valence-corrected chi connectivity index (χ3v) is 5.88. The molecule has 2 fully saturated rings. The molecule has 0 aromatic rings. The Hall–Kier alpha value is -0.0400. The van der Waals surface area contributed by atoms with Crippen molar-refractivity contribution in [2.24, 2.45) is 23.7 Å². The summed E-state index contributed by atoms with van der Waals surface area (Å²) in [5.41, 5.74) is 0. The highest BCUT2D eigenvalue weighted by Crippen LogP contribution is 2.35. The van der Waals surface area contributed by atoms with Gasteiger partial charge in [-0.1, -0.05) is 53.4 Å². The van der Waals surface area contributed by atoms with E-state index >= 15 is 0 Å². The second-order valence-corrected chi connectivity index (χ2v) is 7.66. The number of rotatable bonds is 4. The van der Waals surface area contributed by atoms with E-state index in [0.29, 0.717) is 0 Å². The number of nitrogens with one attached hydrogen (secondary N) is 1. The summed E-state index contributed by atoms with van der Waals surface area (Å²) >= 11 is 0. The Morgan fingerprint density at radius 1 is 1.00 bits per heavy atom. The van der Waals surface area contributed by atoms with E-state index in [4.69, 9.17) is 0 Å². The Balaban J connectivity index is 1.97. The van der Waals surface area contributed by atoms with Crippen LogP contribution in [0.2, 0.25) is 0 Å². The van der Waals surface area contributed by atoms with Gasteiger partial charge in [0.1, 0.15) is 0 Å². The van der Waals surface area contributed by atoms with Crippen LogP contribution in [0.1, 0.15) is 79.1 Å². The molecule has 0 aliphatic heterocycles. The fourth-order valence-electron chi connectivity index (χ4n) is 4.58. The molecule has 1 N–H and O–H groups in total. The van der Waals surface area contributed by atoms with Gasteiger partial charge in [-0.05, 0) is 49.4 Å². The molecule has 0 aromatic carbocycles. The summed E-state index contributed by atoms with van der Waals surface area (Å²) in [6.07, 6.45) is 11.5. The average molecular weight is 265 g/mol. The van der Waals surface area contributed by atoms with Crippen molar-refractivity contribution in [2.45, 2.75) is 91.1 Å². The molecule has 0 amide bonds. The minimum atomic E-state index is 0.792. The van der Waals surface area contributed by atoms with Crippen LogP contribution >= 0.6 is 0 Å². The Bertz CT molecular complexity index is 260. The minimum absolute atomic E-state index is 0.792. The highest BCUT2D eigenvalue weighted by atomic mass is 15.0. The van der Waals surface area contributed by atoms with Gasteiger partial charge in [-0.25, -0.2) is 0 Å². The van der Waals surface area contributed by atoms with E-state index < -0.39 is 0 Å². The van der Waals surface area contributed by atoms with Gasteiger partial charge in [0.2, 0.25) is 0 Å². The van der Waals surface area contributed by atoms with Gasteiger partial charge in [-0.15, -0.1) is 0 Å². The van der Waals surface area contributed by atoms with Crippen molar-refractivity contribution >= 4 is 0 Å². The maximum absolute atomic E-state index is 4.12. The van der Waals surface area contributed by atoms with Crippen molar-refractivity contribution < 1.29 is 0 Å². The predicted molar refractivity (Wildman–Crippen MR) is 84.3 cm³/mol. The van der Waals surface area contributed by atoms with Gasteiger partial charge in [0.15, 0.2) is 0 Å². The van der Waals surface area contributed by atoms with Crippen LogP contribution in [0.15, 0.2) is 0 Å². The van der Waals surface area contributed by atoms with E-state index in [1.54, 1.807) is 0 Å². The zero-order valence-corrected chi connectivity index (χ0v) is 13.6. The van der Waals surface area contributed by atoms with Gasteiger partial charge in [0.25, 0.3) is 0 Å². The molecule has 1 heteroatoms. The molecule has 112 valence electrons. The molecule has 1 nitrogen and oxygen atoms in total. The molecule has 0 spiro atoms. The van der Waals surface area contributed by atoms with E-state index in [2.05, 4.69) is 33.0 Å². The summed E-state index contributed by atoms with van der Waals surface area (Å²) in [4.78, 5) is 0. The van der Waals surface area contributed by atoms with Crippen LogP contribution in [0.4, 0.5) is 0 Å². The van der Waals surface area contributed by atoms with Crippen LogP contribution < -0.4 is 5.32 Å². The van der Waals surface area contributed by atoms with Crippen LogP contribution in [0, 0.1) is 23.7 Å². The molecule has 0 bridgehead atoms. The Labute approximate surface area is 120 Å². The van der Waals surface area contributed by atoms with E-state index in [9.17, 15) is 0 Å². The molecule has 19 heavy (non-hydrogen) atoms. The van der Waals surface area contributed by atoms with Crippen LogP contribution in [-0.2, 0) is 0 Å². The van der Waals surface area contributed by atoms with E-state index in [1.807, 2.05) is 0 Å².